The number of hydrogen-bond acceptors (Lipinski definition) is 3. The van der Waals surface area contributed by atoms with Gasteiger partial charge in [-0.05, 0) is 49.2 Å². The summed E-state index contributed by atoms with van der Waals surface area (Å²) in [5, 5.41) is 0. The highest BCUT2D eigenvalue weighted by atomic mass is 19.1. The Balaban J connectivity index is 1.89. The van der Waals surface area contributed by atoms with Gasteiger partial charge in [0.2, 0.25) is 5.78 Å². The topological polar surface area (TPSA) is 60.2 Å². The number of fused-ring (bicyclic) bond motifs is 5. The molecule has 4 rings (SSSR count). The normalized spacial score (nSPS) is 44.6. The summed E-state index contributed by atoms with van der Waals surface area (Å²) in [5.41, 5.74) is 4.26. The second-order valence-corrected chi connectivity index (χ2v) is 8.12. The minimum atomic E-state index is -0.932. The number of carbonyl (C=O) groups is 2. The van der Waals surface area contributed by atoms with Crippen molar-refractivity contribution >= 4 is 11.6 Å². The van der Waals surface area contributed by atoms with Crippen LogP contribution in [0.3, 0.4) is 0 Å². The predicted octanol–water partition coefficient (Wildman–Crippen LogP) is 3.52. The van der Waals surface area contributed by atoms with E-state index in [4.69, 9.17) is 5.73 Å². The monoisotopic (exact) mass is 333 g/mol. The van der Waals surface area contributed by atoms with E-state index in [1.807, 2.05) is 6.92 Å². The number of nitrogens with two attached hydrogens (primary N) is 1. The molecule has 0 bridgehead atoms. The fourth-order valence-corrected chi connectivity index (χ4v) is 5.76. The molecule has 2 saturated carbocycles. The van der Waals surface area contributed by atoms with Crippen LogP contribution in [-0.2, 0) is 9.59 Å². The first kappa shape index (κ1) is 15.7. The van der Waals surface area contributed by atoms with Gasteiger partial charge in [-0.3, -0.25) is 9.59 Å². The number of rotatable bonds is 0. The lowest BCUT2D eigenvalue weighted by molar-refractivity contribution is -0.130. The first-order chi connectivity index (χ1) is 11.2. The molecule has 0 unspecified atom stereocenters. The molecule has 0 aromatic rings. The predicted molar refractivity (Wildman–Crippen MR) is 84.8 cm³/mol. The maximum atomic E-state index is 14.9. The summed E-state index contributed by atoms with van der Waals surface area (Å²) in [6, 6.07) is 0. The molecule has 5 atom stereocenters. The van der Waals surface area contributed by atoms with Crippen LogP contribution >= 0.6 is 0 Å². The van der Waals surface area contributed by atoms with Crippen LogP contribution in [0.1, 0.15) is 39.5 Å². The second-order valence-electron chi connectivity index (χ2n) is 8.12. The molecule has 2 N–H and O–H groups in total. The van der Waals surface area contributed by atoms with Gasteiger partial charge in [0, 0.05) is 22.8 Å². The zero-order valence-corrected chi connectivity index (χ0v) is 13.9. The number of hydrogen-bond donors (Lipinski definition) is 1. The Bertz CT molecular complexity index is 765. The summed E-state index contributed by atoms with van der Waals surface area (Å²) in [7, 11) is 0. The lowest BCUT2D eigenvalue weighted by Crippen LogP contribution is -2.49. The Labute approximate surface area is 139 Å². The molecule has 0 aromatic heterocycles. The van der Waals surface area contributed by atoms with Gasteiger partial charge in [0.05, 0.1) is 5.70 Å². The van der Waals surface area contributed by atoms with Gasteiger partial charge in [0.25, 0.3) is 0 Å². The molecule has 0 amide bonds. The smallest absolute Gasteiger partial charge is 0.237 e. The van der Waals surface area contributed by atoms with E-state index in [1.54, 1.807) is 13.0 Å². The quantitative estimate of drug-likeness (QED) is 0.738. The largest absolute Gasteiger partial charge is 0.395 e. The molecule has 5 heteroatoms. The third-order valence-electron chi connectivity index (χ3n) is 7.09. The number of Topliss-reactive ketones (excluding diaryl/α,β-unsaturated/α-hetero) is 2. The van der Waals surface area contributed by atoms with Gasteiger partial charge in [-0.25, -0.2) is 8.78 Å². The van der Waals surface area contributed by atoms with Gasteiger partial charge in [0.1, 0.15) is 11.6 Å². The third-order valence-corrected chi connectivity index (χ3v) is 7.09. The van der Waals surface area contributed by atoms with Gasteiger partial charge < -0.3 is 5.73 Å². The van der Waals surface area contributed by atoms with Crippen LogP contribution < -0.4 is 5.73 Å². The SMILES string of the molecule is C[C@]12C=C(F)C(=O)C(N)=C1C(F)=C[C@@H]1[C@@H]2CC[C@]2(C)C(=O)CC[C@@H]12. The zero-order valence-electron chi connectivity index (χ0n) is 13.9. The van der Waals surface area contributed by atoms with Crippen LogP contribution in [0.5, 0.6) is 0 Å². The highest BCUT2D eigenvalue weighted by Crippen LogP contribution is 2.63. The Morgan fingerprint density at radius 2 is 1.83 bits per heavy atom. The molecule has 0 saturated heterocycles. The van der Waals surface area contributed by atoms with E-state index >= 15 is 0 Å². The van der Waals surface area contributed by atoms with Crippen LogP contribution in [0.4, 0.5) is 8.78 Å². The lowest BCUT2D eigenvalue weighted by atomic mass is 9.50. The molecule has 0 aromatic carbocycles. The first-order valence-electron chi connectivity index (χ1n) is 8.54. The van der Waals surface area contributed by atoms with E-state index in [9.17, 15) is 18.4 Å². The van der Waals surface area contributed by atoms with Crippen LogP contribution in [0.15, 0.2) is 35.1 Å². The van der Waals surface area contributed by atoms with Crippen LogP contribution in [0.25, 0.3) is 0 Å². The van der Waals surface area contributed by atoms with Gasteiger partial charge in [-0.15, -0.1) is 0 Å². The summed E-state index contributed by atoms with van der Waals surface area (Å²) in [4.78, 5) is 24.2. The Morgan fingerprint density at radius 3 is 2.54 bits per heavy atom. The van der Waals surface area contributed by atoms with Crippen molar-refractivity contribution in [1.29, 1.82) is 0 Å². The Kier molecular flexibility index (Phi) is 3.04. The summed E-state index contributed by atoms with van der Waals surface area (Å²) >= 11 is 0. The van der Waals surface area contributed by atoms with Crippen molar-refractivity contribution in [2.75, 3.05) is 0 Å². The number of carbonyl (C=O) groups excluding carboxylic acids is 2. The maximum Gasteiger partial charge on any atom is 0.237 e. The minimum absolute atomic E-state index is 0.0478. The van der Waals surface area contributed by atoms with E-state index in [0.717, 1.165) is 12.8 Å². The van der Waals surface area contributed by atoms with E-state index in [2.05, 4.69) is 0 Å². The molecule has 3 nitrogen and oxygen atoms in total. The van der Waals surface area contributed by atoms with Crippen molar-refractivity contribution in [1.82, 2.24) is 0 Å². The van der Waals surface area contributed by atoms with Crippen LogP contribution in [0, 0.1) is 28.6 Å². The summed E-state index contributed by atoms with van der Waals surface area (Å²) < 4.78 is 29.0. The molecule has 2 fully saturated rings. The Hall–Kier alpha value is -1.78. The molecule has 128 valence electrons. The van der Waals surface area contributed by atoms with E-state index in [-0.39, 0.29) is 34.8 Å². The number of halogens is 2. The fourth-order valence-electron chi connectivity index (χ4n) is 5.76. The minimum Gasteiger partial charge on any atom is -0.395 e. The van der Waals surface area contributed by atoms with Crippen molar-refractivity contribution in [3.05, 3.63) is 35.1 Å². The molecular formula is C19H21F2NO2. The molecule has 0 radical (unpaired) electrons. The van der Waals surface area contributed by atoms with E-state index in [1.165, 1.54) is 6.08 Å². The average molecular weight is 333 g/mol. The summed E-state index contributed by atoms with van der Waals surface area (Å²) in [6.07, 6.45) is 5.49. The molecule has 0 spiro atoms. The van der Waals surface area contributed by atoms with Gasteiger partial charge in [-0.2, -0.15) is 0 Å². The molecule has 4 aliphatic carbocycles. The fraction of sp³-hybridized carbons (Fsp3) is 0.579. The lowest BCUT2D eigenvalue weighted by Gasteiger charge is -2.53. The standard InChI is InChI=1S/C19H21F2NO2/c1-18-6-5-11-9(10(18)3-4-14(18)23)7-12(20)15-16(22)17(24)13(21)8-19(11,15)2/h7-11H,3-6,22H2,1-2H3/t9-,10-,11-,18-,19+/m0/s1. The number of allylic oxidation sites excluding steroid dienone is 5. The van der Waals surface area contributed by atoms with Crippen LogP contribution in [0.2, 0.25) is 0 Å². The molecule has 24 heavy (non-hydrogen) atoms. The van der Waals surface area contributed by atoms with Crippen molar-refractivity contribution in [2.45, 2.75) is 39.5 Å². The van der Waals surface area contributed by atoms with Gasteiger partial charge in [0.15, 0.2) is 5.83 Å². The van der Waals surface area contributed by atoms with E-state index in [0.29, 0.717) is 12.8 Å². The van der Waals surface area contributed by atoms with Crippen molar-refractivity contribution in [3.63, 3.8) is 0 Å². The highest BCUT2D eigenvalue weighted by Gasteiger charge is 2.59. The summed E-state index contributed by atoms with van der Waals surface area (Å²) in [6.45, 7) is 3.75. The van der Waals surface area contributed by atoms with Crippen molar-refractivity contribution in [2.24, 2.45) is 34.3 Å². The molecule has 0 heterocycles. The maximum absolute atomic E-state index is 14.9. The summed E-state index contributed by atoms with van der Waals surface area (Å²) in [5.74, 6) is -2.21. The third kappa shape index (κ3) is 1.70. The zero-order chi connectivity index (χ0) is 17.4. The highest BCUT2D eigenvalue weighted by molar-refractivity contribution is 6.08. The van der Waals surface area contributed by atoms with Gasteiger partial charge >= 0.3 is 0 Å². The van der Waals surface area contributed by atoms with E-state index < -0.39 is 28.3 Å². The first-order valence-corrected chi connectivity index (χ1v) is 8.54. The Morgan fingerprint density at radius 1 is 1.12 bits per heavy atom. The van der Waals surface area contributed by atoms with Crippen molar-refractivity contribution in [3.8, 4) is 0 Å². The van der Waals surface area contributed by atoms with Crippen molar-refractivity contribution < 1.29 is 18.4 Å². The molecular weight excluding hydrogens is 312 g/mol. The van der Waals surface area contributed by atoms with Gasteiger partial charge in [-0.1, -0.05) is 13.8 Å². The average Bonchev–Trinajstić information content (AvgIpc) is 2.80. The molecule has 4 aliphatic rings. The second kappa shape index (κ2) is 4.64. The molecule has 0 aliphatic heterocycles. The number of ketones is 2. The van der Waals surface area contributed by atoms with Crippen LogP contribution in [-0.4, -0.2) is 11.6 Å².